The Morgan fingerprint density at radius 1 is 1.11 bits per heavy atom. The first-order valence-electron chi connectivity index (χ1n) is 6.77. The van der Waals surface area contributed by atoms with E-state index in [1.165, 1.54) is 0 Å². The number of benzene rings is 1. The maximum Gasteiger partial charge on any atom is 0.155 e. The molecule has 0 bridgehead atoms. The summed E-state index contributed by atoms with van der Waals surface area (Å²) in [4.78, 5) is 0. The van der Waals surface area contributed by atoms with Gasteiger partial charge in [0.1, 0.15) is 0 Å². The number of hydrogen-bond acceptors (Lipinski definition) is 3. The second-order valence-corrected chi connectivity index (χ2v) is 8.81. The van der Waals surface area contributed by atoms with Gasteiger partial charge in [0.25, 0.3) is 0 Å². The summed E-state index contributed by atoms with van der Waals surface area (Å²) >= 11 is 0. The van der Waals surface area contributed by atoms with Crippen molar-refractivity contribution in [1.82, 2.24) is 0 Å². The van der Waals surface area contributed by atoms with Crippen molar-refractivity contribution >= 4 is 9.84 Å². The molecule has 0 spiro atoms. The maximum absolute atomic E-state index is 11.9. The number of nitrogens with two attached hydrogens (primary N) is 1. The molecule has 0 fully saturated rings. The van der Waals surface area contributed by atoms with Crippen molar-refractivity contribution < 1.29 is 8.42 Å². The van der Waals surface area contributed by atoms with Crippen LogP contribution >= 0.6 is 0 Å². The van der Waals surface area contributed by atoms with Crippen LogP contribution in [0.3, 0.4) is 0 Å². The van der Waals surface area contributed by atoms with Gasteiger partial charge in [0.05, 0.1) is 10.5 Å². The van der Waals surface area contributed by atoms with E-state index in [1.54, 1.807) is 20.8 Å². The molecule has 1 atom stereocenters. The normalized spacial score (nSPS) is 14.3. The van der Waals surface area contributed by atoms with E-state index < -0.39 is 14.6 Å². The Morgan fingerprint density at radius 2 is 1.68 bits per heavy atom. The van der Waals surface area contributed by atoms with Crippen LogP contribution in [0.4, 0.5) is 0 Å². The summed E-state index contributed by atoms with van der Waals surface area (Å²) in [5.74, 6) is 0.248. The summed E-state index contributed by atoms with van der Waals surface area (Å²) in [5, 5.41) is 0. The van der Waals surface area contributed by atoms with Crippen molar-refractivity contribution in [2.75, 3.05) is 5.75 Å². The minimum atomic E-state index is -3.00. The topological polar surface area (TPSA) is 60.2 Å². The van der Waals surface area contributed by atoms with Crippen molar-refractivity contribution in [1.29, 1.82) is 0 Å². The van der Waals surface area contributed by atoms with Gasteiger partial charge in [-0.15, -0.1) is 0 Å². The standard InChI is InChI=1S/C15H25NO2S/c1-15(2,3)19(17,18)12-8-7-11-14(16)13-9-5-4-6-10-13/h4-6,9-10,14H,7-8,11-12,16H2,1-3H3. The fourth-order valence-corrected chi connectivity index (χ4v) is 3.03. The lowest BCUT2D eigenvalue weighted by molar-refractivity contribution is 0.549. The van der Waals surface area contributed by atoms with Crippen molar-refractivity contribution in [3.63, 3.8) is 0 Å². The van der Waals surface area contributed by atoms with Crippen molar-refractivity contribution in [2.24, 2.45) is 5.73 Å². The van der Waals surface area contributed by atoms with Crippen LogP contribution in [0.5, 0.6) is 0 Å². The highest BCUT2D eigenvalue weighted by molar-refractivity contribution is 7.92. The molecule has 1 rings (SSSR count). The highest BCUT2D eigenvalue weighted by atomic mass is 32.2. The van der Waals surface area contributed by atoms with Gasteiger partial charge >= 0.3 is 0 Å². The lowest BCUT2D eigenvalue weighted by atomic mass is 10.0. The summed E-state index contributed by atoms with van der Waals surface area (Å²) in [7, 11) is -3.00. The fraction of sp³-hybridized carbons (Fsp3) is 0.600. The highest BCUT2D eigenvalue weighted by Crippen LogP contribution is 2.20. The van der Waals surface area contributed by atoms with E-state index in [0.717, 1.165) is 18.4 Å². The summed E-state index contributed by atoms with van der Waals surface area (Å²) in [6.45, 7) is 5.24. The number of hydrogen-bond donors (Lipinski definition) is 1. The predicted octanol–water partition coefficient (Wildman–Crippen LogP) is 3.07. The number of unbranched alkanes of at least 4 members (excludes halogenated alkanes) is 1. The van der Waals surface area contributed by atoms with Gasteiger partial charge in [-0.25, -0.2) is 8.42 Å². The van der Waals surface area contributed by atoms with E-state index in [0.29, 0.717) is 6.42 Å². The van der Waals surface area contributed by atoms with Gasteiger partial charge in [0.15, 0.2) is 9.84 Å². The smallest absolute Gasteiger partial charge is 0.155 e. The molecule has 0 saturated heterocycles. The summed E-state index contributed by atoms with van der Waals surface area (Å²) < 4.78 is 23.2. The largest absolute Gasteiger partial charge is 0.324 e. The molecule has 0 heterocycles. The fourth-order valence-electron chi connectivity index (χ4n) is 1.83. The minimum Gasteiger partial charge on any atom is -0.324 e. The molecule has 0 radical (unpaired) electrons. The molecule has 1 aromatic carbocycles. The molecule has 0 aliphatic rings. The molecular formula is C15H25NO2S. The molecule has 4 heteroatoms. The van der Waals surface area contributed by atoms with Crippen LogP contribution < -0.4 is 5.73 Å². The number of sulfone groups is 1. The molecule has 2 N–H and O–H groups in total. The molecule has 0 aliphatic carbocycles. The van der Waals surface area contributed by atoms with Gasteiger partial charge in [-0.3, -0.25) is 0 Å². The van der Waals surface area contributed by atoms with E-state index in [2.05, 4.69) is 0 Å². The molecule has 3 nitrogen and oxygen atoms in total. The lowest BCUT2D eigenvalue weighted by Gasteiger charge is -2.19. The Morgan fingerprint density at radius 3 is 2.21 bits per heavy atom. The molecule has 1 unspecified atom stereocenters. The molecular weight excluding hydrogens is 258 g/mol. The Labute approximate surface area is 117 Å². The zero-order valence-corrected chi connectivity index (χ0v) is 12.9. The lowest BCUT2D eigenvalue weighted by Crippen LogP contribution is -2.30. The van der Waals surface area contributed by atoms with Crippen LogP contribution in [-0.2, 0) is 9.84 Å². The van der Waals surface area contributed by atoms with Crippen LogP contribution in [-0.4, -0.2) is 18.9 Å². The van der Waals surface area contributed by atoms with Crippen molar-refractivity contribution in [3.05, 3.63) is 35.9 Å². The molecule has 108 valence electrons. The zero-order chi connectivity index (χ0) is 14.5. The van der Waals surface area contributed by atoms with E-state index in [9.17, 15) is 8.42 Å². The minimum absolute atomic E-state index is 0.00135. The second kappa shape index (κ2) is 6.53. The van der Waals surface area contributed by atoms with E-state index in [-0.39, 0.29) is 11.8 Å². The second-order valence-electron chi connectivity index (χ2n) is 5.94. The monoisotopic (exact) mass is 283 g/mol. The van der Waals surface area contributed by atoms with Crippen LogP contribution in [0, 0.1) is 0 Å². The molecule has 0 aliphatic heterocycles. The van der Waals surface area contributed by atoms with Crippen LogP contribution in [0.15, 0.2) is 30.3 Å². The Balaban J connectivity index is 2.36. The van der Waals surface area contributed by atoms with Gasteiger partial charge in [-0.1, -0.05) is 36.8 Å². The van der Waals surface area contributed by atoms with Gasteiger partial charge in [0.2, 0.25) is 0 Å². The van der Waals surface area contributed by atoms with E-state index >= 15 is 0 Å². The third kappa shape index (κ3) is 4.96. The van der Waals surface area contributed by atoms with Crippen LogP contribution in [0.1, 0.15) is 51.6 Å². The summed E-state index contributed by atoms with van der Waals surface area (Å²) in [6.07, 6.45) is 2.34. The highest BCUT2D eigenvalue weighted by Gasteiger charge is 2.27. The third-order valence-corrected chi connectivity index (χ3v) is 6.03. The average Bonchev–Trinajstić information content (AvgIpc) is 2.34. The Hall–Kier alpha value is -0.870. The van der Waals surface area contributed by atoms with Crippen molar-refractivity contribution in [2.45, 2.75) is 50.8 Å². The molecule has 0 amide bonds. The Kier molecular flexibility index (Phi) is 5.56. The Bertz CT molecular complexity index is 475. The third-order valence-electron chi connectivity index (χ3n) is 3.34. The first-order chi connectivity index (χ1) is 8.74. The van der Waals surface area contributed by atoms with Crippen molar-refractivity contribution in [3.8, 4) is 0 Å². The maximum atomic E-state index is 11.9. The molecule has 1 aromatic rings. The zero-order valence-electron chi connectivity index (χ0n) is 12.1. The van der Waals surface area contributed by atoms with Crippen LogP contribution in [0.25, 0.3) is 0 Å². The van der Waals surface area contributed by atoms with Gasteiger partial charge in [-0.2, -0.15) is 0 Å². The SMILES string of the molecule is CC(C)(C)S(=O)(=O)CCCCC(N)c1ccccc1. The van der Waals surface area contributed by atoms with Crippen LogP contribution in [0.2, 0.25) is 0 Å². The first-order valence-corrected chi connectivity index (χ1v) is 8.42. The predicted molar refractivity (Wildman–Crippen MR) is 80.8 cm³/mol. The molecule has 0 saturated carbocycles. The first kappa shape index (κ1) is 16.2. The quantitative estimate of drug-likeness (QED) is 0.816. The molecule has 0 aromatic heterocycles. The van der Waals surface area contributed by atoms with Gasteiger partial charge < -0.3 is 5.73 Å². The van der Waals surface area contributed by atoms with Gasteiger partial charge in [0, 0.05) is 6.04 Å². The summed E-state index contributed by atoms with van der Waals surface area (Å²) in [5.41, 5.74) is 7.19. The van der Waals surface area contributed by atoms with E-state index in [1.807, 2.05) is 30.3 Å². The van der Waals surface area contributed by atoms with Gasteiger partial charge in [-0.05, 0) is 39.2 Å². The number of rotatable bonds is 6. The summed E-state index contributed by atoms with van der Waals surface area (Å²) in [6, 6.07) is 9.93. The molecule has 19 heavy (non-hydrogen) atoms. The van der Waals surface area contributed by atoms with E-state index in [4.69, 9.17) is 5.73 Å². The average molecular weight is 283 g/mol.